The van der Waals surface area contributed by atoms with Crippen molar-refractivity contribution in [2.24, 2.45) is 0 Å². The van der Waals surface area contributed by atoms with Crippen molar-refractivity contribution in [3.8, 4) is 10.6 Å². The van der Waals surface area contributed by atoms with Crippen LogP contribution in [0.15, 0.2) is 23.6 Å². The van der Waals surface area contributed by atoms with E-state index in [1.807, 2.05) is 5.38 Å². The number of hydrogen-bond acceptors (Lipinski definition) is 4. The van der Waals surface area contributed by atoms with E-state index in [9.17, 15) is 0 Å². The van der Waals surface area contributed by atoms with Crippen molar-refractivity contribution in [1.29, 1.82) is 0 Å². The summed E-state index contributed by atoms with van der Waals surface area (Å²) in [6.45, 7) is 6.96. The Balaban J connectivity index is 2.16. The fourth-order valence-electron chi connectivity index (χ4n) is 2.24. The van der Waals surface area contributed by atoms with Crippen molar-refractivity contribution in [3.63, 3.8) is 0 Å². The lowest BCUT2D eigenvalue weighted by atomic mass is 10.0. The number of aryl methyl sites for hydroxylation is 1. The van der Waals surface area contributed by atoms with E-state index in [1.54, 1.807) is 11.3 Å². The molecule has 1 aromatic heterocycles. The zero-order valence-electron chi connectivity index (χ0n) is 12.5. The average molecular weight is 325 g/mol. The van der Waals surface area contributed by atoms with Crippen molar-refractivity contribution in [2.75, 3.05) is 19.7 Å². The number of nitrogens with zero attached hydrogens (tertiary/aromatic N) is 2. The van der Waals surface area contributed by atoms with Crippen LogP contribution in [0.3, 0.4) is 0 Å². The number of aromatic nitrogens is 1. The lowest BCUT2D eigenvalue weighted by Crippen LogP contribution is -2.26. The van der Waals surface area contributed by atoms with Gasteiger partial charge in [-0.2, -0.15) is 0 Å². The SMILES string of the molecule is CCN(CCO)Cc1ccc(-c2nc(CCl)cs2)cc1C. The summed E-state index contributed by atoms with van der Waals surface area (Å²) in [6.07, 6.45) is 0. The molecule has 0 aliphatic heterocycles. The molecule has 0 spiro atoms. The maximum atomic E-state index is 9.07. The first-order chi connectivity index (χ1) is 10.2. The van der Waals surface area contributed by atoms with Crippen LogP contribution in [-0.4, -0.2) is 34.7 Å². The van der Waals surface area contributed by atoms with Gasteiger partial charge in [0, 0.05) is 24.0 Å². The zero-order valence-corrected chi connectivity index (χ0v) is 14.0. The molecule has 0 atom stereocenters. The largest absolute Gasteiger partial charge is 0.395 e. The van der Waals surface area contributed by atoms with Crippen molar-refractivity contribution >= 4 is 22.9 Å². The minimum atomic E-state index is 0.200. The Kier molecular flexibility index (Phi) is 6.18. The second-order valence-corrected chi connectivity index (χ2v) is 6.14. The molecule has 0 bridgehead atoms. The number of thiazole rings is 1. The smallest absolute Gasteiger partial charge is 0.123 e. The standard InChI is InChI=1S/C16H21ClN2OS/c1-3-19(6-7-20)10-14-5-4-13(8-12(14)2)16-18-15(9-17)11-21-16/h4-5,8,11,20H,3,6-7,9-10H2,1-2H3. The number of aliphatic hydroxyl groups is 1. The van der Waals surface area contributed by atoms with Gasteiger partial charge in [-0.1, -0.05) is 19.1 Å². The quantitative estimate of drug-likeness (QED) is 0.789. The average Bonchev–Trinajstić information content (AvgIpc) is 2.97. The van der Waals surface area contributed by atoms with Crippen molar-refractivity contribution in [1.82, 2.24) is 9.88 Å². The first kappa shape index (κ1) is 16.4. The van der Waals surface area contributed by atoms with Gasteiger partial charge in [-0.3, -0.25) is 4.90 Å². The minimum Gasteiger partial charge on any atom is -0.395 e. The van der Waals surface area contributed by atoms with Gasteiger partial charge in [0.15, 0.2) is 0 Å². The molecule has 0 amide bonds. The predicted octanol–water partition coefficient (Wildman–Crippen LogP) is 3.67. The van der Waals surface area contributed by atoms with E-state index in [0.717, 1.165) is 29.4 Å². The molecule has 0 radical (unpaired) electrons. The first-order valence-corrected chi connectivity index (χ1v) is 8.52. The highest BCUT2D eigenvalue weighted by Gasteiger charge is 2.09. The van der Waals surface area contributed by atoms with Crippen LogP contribution in [0.5, 0.6) is 0 Å². The van der Waals surface area contributed by atoms with Crippen LogP contribution in [0.2, 0.25) is 0 Å². The van der Waals surface area contributed by atoms with Gasteiger partial charge in [0.2, 0.25) is 0 Å². The number of benzene rings is 1. The summed E-state index contributed by atoms with van der Waals surface area (Å²) in [5.74, 6) is 0.459. The van der Waals surface area contributed by atoms with E-state index in [2.05, 4.69) is 41.9 Å². The van der Waals surface area contributed by atoms with Crippen molar-refractivity contribution in [2.45, 2.75) is 26.3 Å². The third-order valence-electron chi connectivity index (χ3n) is 3.54. The van der Waals surface area contributed by atoms with Gasteiger partial charge >= 0.3 is 0 Å². The Hall–Kier alpha value is -0.940. The lowest BCUT2D eigenvalue weighted by molar-refractivity contribution is 0.196. The molecule has 2 rings (SSSR count). The fraction of sp³-hybridized carbons (Fsp3) is 0.438. The highest BCUT2D eigenvalue weighted by atomic mass is 35.5. The normalized spacial score (nSPS) is 11.3. The molecule has 5 heteroatoms. The fourth-order valence-corrected chi connectivity index (χ4v) is 3.28. The van der Waals surface area contributed by atoms with Gasteiger partial charge in [-0.25, -0.2) is 4.98 Å². The van der Waals surface area contributed by atoms with Crippen LogP contribution in [0.1, 0.15) is 23.7 Å². The summed E-state index contributed by atoms with van der Waals surface area (Å²) in [5, 5.41) is 12.1. The maximum absolute atomic E-state index is 9.07. The Labute approximate surface area is 135 Å². The highest BCUT2D eigenvalue weighted by Crippen LogP contribution is 2.26. The third kappa shape index (κ3) is 4.27. The van der Waals surface area contributed by atoms with Crippen molar-refractivity contribution in [3.05, 3.63) is 40.4 Å². The van der Waals surface area contributed by atoms with Gasteiger partial charge in [0.05, 0.1) is 18.2 Å². The van der Waals surface area contributed by atoms with E-state index in [1.165, 1.54) is 11.1 Å². The Morgan fingerprint density at radius 1 is 1.38 bits per heavy atom. The summed E-state index contributed by atoms with van der Waals surface area (Å²) >= 11 is 7.43. The molecule has 0 saturated carbocycles. The maximum Gasteiger partial charge on any atom is 0.123 e. The number of likely N-dealkylation sites (N-methyl/N-ethyl adjacent to an activating group) is 1. The van der Waals surface area contributed by atoms with Crippen LogP contribution >= 0.6 is 22.9 Å². The van der Waals surface area contributed by atoms with E-state index < -0.39 is 0 Å². The minimum absolute atomic E-state index is 0.200. The molecule has 2 aromatic rings. The molecule has 0 saturated heterocycles. The number of aliphatic hydroxyl groups excluding tert-OH is 1. The van der Waals surface area contributed by atoms with Gasteiger partial charge in [-0.05, 0) is 30.7 Å². The van der Waals surface area contributed by atoms with Crippen LogP contribution in [-0.2, 0) is 12.4 Å². The van der Waals surface area contributed by atoms with E-state index in [4.69, 9.17) is 16.7 Å². The second kappa shape index (κ2) is 7.90. The number of alkyl halides is 1. The zero-order chi connectivity index (χ0) is 15.2. The topological polar surface area (TPSA) is 36.4 Å². The summed E-state index contributed by atoms with van der Waals surface area (Å²) in [5.41, 5.74) is 4.62. The number of hydrogen-bond donors (Lipinski definition) is 1. The highest BCUT2D eigenvalue weighted by molar-refractivity contribution is 7.13. The summed E-state index contributed by atoms with van der Waals surface area (Å²) < 4.78 is 0. The Bertz CT molecular complexity index is 585. The summed E-state index contributed by atoms with van der Waals surface area (Å²) in [7, 11) is 0. The van der Waals surface area contributed by atoms with Crippen LogP contribution < -0.4 is 0 Å². The second-order valence-electron chi connectivity index (χ2n) is 5.01. The first-order valence-electron chi connectivity index (χ1n) is 7.11. The monoisotopic (exact) mass is 324 g/mol. The number of rotatable bonds is 7. The van der Waals surface area contributed by atoms with E-state index >= 15 is 0 Å². The molecule has 3 nitrogen and oxygen atoms in total. The van der Waals surface area contributed by atoms with Crippen molar-refractivity contribution < 1.29 is 5.11 Å². The molecular weight excluding hydrogens is 304 g/mol. The number of halogens is 1. The predicted molar refractivity (Wildman–Crippen MR) is 89.9 cm³/mol. The molecule has 0 fully saturated rings. The third-order valence-corrected chi connectivity index (χ3v) is 4.75. The molecular formula is C16H21ClN2OS. The Morgan fingerprint density at radius 2 is 2.19 bits per heavy atom. The van der Waals surface area contributed by atoms with E-state index in [-0.39, 0.29) is 6.61 Å². The Morgan fingerprint density at radius 3 is 2.76 bits per heavy atom. The lowest BCUT2D eigenvalue weighted by Gasteiger charge is -2.20. The van der Waals surface area contributed by atoms with Gasteiger partial charge < -0.3 is 5.11 Å². The molecule has 1 aromatic carbocycles. The molecule has 1 heterocycles. The molecule has 114 valence electrons. The molecule has 0 aliphatic carbocycles. The molecule has 0 aliphatic rings. The van der Waals surface area contributed by atoms with Gasteiger partial charge in [-0.15, -0.1) is 22.9 Å². The molecule has 21 heavy (non-hydrogen) atoms. The van der Waals surface area contributed by atoms with Gasteiger partial charge in [0.1, 0.15) is 5.01 Å². The molecule has 0 unspecified atom stereocenters. The van der Waals surface area contributed by atoms with Gasteiger partial charge in [0.25, 0.3) is 0 Å². The van der Waals surface area contributed by atoms with E-state index in [0.29, 0.717) is 12.4 Å². The molecule has 1 N–H and O–H groups in total. The van der Waals surface area contributed by atoms with Crippen LogP contribution in [0.4, 0.5) is 0 Å². The van der Waals surface area contributed by atoms with Crippen LogP contribution in [0.25, 0.3) is 10.6 Å². The van der Waals surface area contributed by atoms with Crippen LogP contribution in [0, 0.1) is 6.92 Å². The summed E-state index contributed by atoms with van der Waals surface area (Å²) in [6, 6.07) is 6.46. The summed E-state index contributed by atoms with van der Waals surface area (Å²) in [4.78, 5) is 6.75.